The van der Waals surface area contributed by atoms with E-state index in [1.165, 1.54) is 6.33 Å². The lowest BCUT2D eigenvalue weighted by Crippen LogP contribution is -2.13. The van der Waals surface area contributed by atoms with Crippen molar-refractivity contribution in [3.63, 3.8) is 0 Å². The highest BCUT2D eigenvalue weighted by molar-refractivity contribution is 6.33. The van der Waals surface area contributed by atoms with Gasteiger partial charge in [-0.25, -0.2) is 15.4 Å². The van der Waals surface area contributed by atoms with Gasteiger partial charge >= 0.3 is 5.97 Å². The number of hydrogen-bond acceptors (Lipinski definition) is 5. The van der Waals surface area contributed by atoms with Crippen LogP contribution in [0.3, 0.4) is 0 Å². The number of carboxylic acid groups (broad SMARTS) is 1. The van der Waals surface area contributed by atoms with Gasteiger partial charge in [-0.15, -0.1) is 0 Å². The van der Waals surface area contributed by atoms with Crippen LogP contribution in [0.25, 0.3) is 6.08 Å². The summed E-state index contributed by atoms with van der Waals surface area (Å²) in [6.07, 6.45) is 6.80. The van der Waals surface area contributed by atoms with Gasteiger partial charge in [0, 0.05) is 35.8 Å². The standard InChI is InChI=1S/C17H17N5O3/c1-9-12(3-4-15(23)24)10(2)20-14(9)5-13-16(21-22-17(13)25)11-6-18-8-19-7-11/h5-8,20H,3-4H2,1-2H3,(H,22,25)(H,23,24). The molecule has 3 N–H and O–H groups in total. The number of rotatable bonds is 5. The first-order chi connectivity index (χ1) is 12.0. The summed E-state index contributed by atoms with van der Waals surface area (Å²) in [5.41, 5.74) is 7.51. The molecule has 0 fully saturated rings. The first-order valence-electron chi connectivity index (χ1n) is 7.72. The van der Waals surface area contributed by atoms with Gasteiger partial charge < -0.3 is 10.1 Å². The number of nitrogens with zero attached hydrogens (tertiary/aromatic N) is 3. The summed E-state index contributed by atoms with van der Waals surface area (Å²) < 4.78 is 0. The minimum absolute atomic E-state index is 0.0596. The number of aromatic nitrogens is 3. The molecule has 0 unspecified atom stereocenters. The molecular weight excluding hydrogens is 322 g/mol. The van der Waals surface area contributed by atoms with Gasteiger partial charge in [-0.1, -0.05) is 0 Å². The molecule has 0 radical (unpaired) electrons. The third-order valence-corrected chi connectivity index (χ3v) is 4.11. The molecule has 1 aliphatic heterocycles. The molecule has 2 aromatic heterocycles. The van der Waals surface area contributed by atoms with Gasteiger partial charge in [0.1, 0.15) is 12.0 Å². The second-order valence-corrected chi connectivity index (χ2v) is 5.75. The van der Waals surface area contributed by atoms with Crippen molar-refractivity contribution in [2.24, 2.45) is 5.10 Å². The summed E-state index contributed by atoms with van der Waals surface area (Å²) in [7, 11) is 0. The maximum Gasteiger partial charge on any atom is 0.303 e. The molecule has 2 aromatic rings. The molecule has 0 atom stereocenters. The van der Waals surface area contributed by atoms with E-state index in [-0.39, 0.29) is 12.3 Å². The van der Waals surface area contributed by atoms with E-state index in [1.807, 2.05) is 13.8 Å². The average molecular weight is 339 g/mol. The second kappa shape index (κ2) is 6.68. The fourth-order valence-corrected chi connectivity index (χ4v) is 2.82. The molecule has 0 bridgehead atoms. The number of aryl methyl sites for hydroxylation is 1. The minimum atomic E-state index is -0.839. The Kier molecular flexibility index (Phi) is 4.42. The van der Waals surface area contributed by atoms with Crippen LogP contribution in [0.4, 0.5) is 0 Å². The lowest BCUT2D eigenvalue weighted by Gasteiger charge is -2.02. The van der Waals surface area contributed by atoms with Gasteiger partial charge in [-0.3, -0.25) is 9.59 Å². The van der Waals surface area contributed by atoms with Crippen LogP contribution in [0, 0.1) is 13.8 Å². The molecule has 0 aromatic carbocycles. The maximum absolute atomic E-state index is 12.2. The van der Waals surface area contributed by atoms with E-state index in [9.17, 15) is 9.59 Å². The third-order valence-electron chi connectivity index (χ3n) is 4.11. The Balaban J connectivity index is 1.97. The molecule has 3 heterocycles. The van der Waals surface area contributed by atoms with Crippen molar-refractivity contribution >= 4 is 23.7 Å². The summed E-state index contributed by atoms with van der Waals surface area (Å²) in [6, 6.07) is 0. The zero-order valence-electron chi connectivity index (χ0n) is 13.8. The maximum atomic E-state index is 12.2. The molecule has 1 amide bonds. The average Bonchev–Trinajstić information content (AvgIpc) is 3.07. The Morgan fingerprint density at radius 3 is 2.68 bits per heavy atom. The predicted octanol–water partition coefficient (Wildman–Crippen LogP) is 1.36. The molecule has 3 rings (SSSR count). The van der Waals surface area contributed by atoms with Gasteiger partial charge in [-0.2, -0.15) is 5.10 Å². The van der Waals surface area contributed by atoms with Crippen molar-refractivity contribution in [2.45, 2.75) is 26.7 Å². The number of hydrazone groups is 1. The Morgan fingerprint density at radius 2 is 2.00 bits per heavy atom. The van der Waals surface area contributed by atoms with E-state index in [2.05, 4.69) is 25.5 Å². The number of H-pyrrole nitrogens is 1. The highest BCUT2D eigenvalue weighted by Crippen LogP contribution is 2.24. The normalized spacial score (nSPS) is 15.4. The van der Waals surface area contributed by atoms with Crippen molar-refractivity contribution in [1.29, 1.82) is 0 Å². The Morgan fingerprint density at radius 1 is 1.28 bits per heavy atom. The van der Waals surface area contributed by atoms with E-state index in [1.54, 1.807) is 18.5 Å². The van der Waals surface area contributed by atoms with Crippen molar-refractivity contribution in [1.82, 2.24) is 20.4 Å². The quantitative estimate of drug-likeness (QED) is 0.710. The molecule has 8 heteroatoms. The molecule has 0 aliphatic carbocycles. The van der Waals surface area contributed by atoms with Crippen LogP contribution in [0.2, 0.25) is 0 Å². The summed E-state index contributed by atoms with van der Waals surface area (Å²) in [4.78, 5) is 34.1. The molecule has 0 saturated heterocycles. The summed E-state index contributed by atoms with van der Waals surface area (Å²) in [6.45, 7) is 3.79. The van der Waals surface area contributed by atoms with Crippen LogP contribution in [-0.2, 0) is 16.0 Å². The first kappa shape index (κ1) is 16.6. The Hall–Kier alpha value is -3.29. The molecule has 1 aliphatic rings. The molecule has 8 nitrogen and oxygen atoms in total. The van der Waals surface area contributed by atoms with Crippen LogP contribution >= 0.6 is 0 Å². The van der Waals surface area contributed by atoms with Crippen LogP contribution < -0.4 is 5.43 Å². The number of carboxylic acids is 1. The first-order valence-corrected chi connectivity index (χ1v) is 7.72. The number of nitrogens with one attached hydrogen (secondary N) is 2. The van der Waals surface area contributed by atoms with Crippen molar-refractivity contribution < 1.29 is 14.7 Å². The number of carbonyl (C=O) groups is 2. The lowest BCUT2D eigenvalue weighted by molar-refractivity contribution is -0.137. The lowest BCUT2D eigenvalue weighted by atomic mass is 10.0. The molecule has 0 spiro atoms. The van der Waals surface area contributed by atoms with Crippen molar-refractivity contribution in [3.05, 3.63) is 52.4 Å². The SMILES string of the molecule is Cc1[nH]c(C=C2C(=O)NN=C2c2cncnc2)c(C)c1CCC(=O)O. The number of amides is 1. The zero-order chi connectivity index (χ0) is 18.0. The van der Waals surface area contributed by atoms with Gasteiger partial charge in [-0.05, 0) is 37.5 Å². The Bertz CT molecular complexity index is 897. The minimum Gasteiger partial charge on any atom is -0.481 e. The topological polar surface area (TPSA) is 120 Å². The van der Waals surface area contributed by atoms with E-state index in [0.29, 0.717) is 23.3 Å². The molecule has 128 valence electrons. The zero-order valence-corrected chi connectivity index (χ0v) is 13.8. The van der Waals surface area contributed by atoms with Crippen LogP contribution in [0.5, 0.6) is 0 Å². The van der Waals surface area contributed by atoms with Gasteiger partial charge in [0.05, 0.1) is 5.57 Å². The fraction of sp³-hybridized carbons (Fsp3) is 0.235. The van der Waals surface area contributed by atoms with Crippen LogP contribution in [0.15, 0.2) is 29.4 Å². The van der Waals surface area contributed by atoms with E-state index < -0.39 is 5.97 Å². The monoisotopic (exact) mass is 339 g/mol. The van der Waals surface area contributed by atoms with Gasteiger partial charge in [0.15, 0.2) is 0 Å². The highest BCUT2D eigenvalue weighted by atomic mass is 16.4. The summed E-state index contributed by atoms with van der Waals surface area (Å²) >= 11 is 0. The smallest absolute Gasteiger partial charge is 0.303 e. The van der Waals surface area contributed by atoms with E-state index in [0.717, 1.165) is 22.5 Å². The molecule has 0 saturated carbocycles. The van der Waals surface area contributed by atoms with Gasteiger partial charge in [0.2, 0.25) is 0 Å². The predicted molar refractivity (Wildman–Crippen MR) is 90.9 cm³/mol. The highest BCUT2D eigenvalue weighted by Gasteiger charge is 2.25. The van der Waals surface area contributed by atoms with Gasteiger partial charge in [0.25, 0.3) is 5.91 Å². The van der Waals surface area contributed by atoms with Crippen molar-refractivity contribution in [3.8, 4) is 0 Å². The van der Waals surface area contributed by atoms with Crippen LogP contribution in [0.1, 0.15) is 34.5 Å². The summed E-state index contributed by atoms with van der Waals surface area (Å²) in [5.74, 6) is -1.15. The number of aromatic amines is 1. The fourth-order valence-electron chi connectivity index (χ4n) is 2.82. The largest absolute Gasteiger partial charge is 0.481 e. The number of carbonyl (C=O) groups excluding carboxylic acids is 1. The van der Waals surface area contributed by atoms with Crippen molar-refractivity contribution in [2.75, 3.05) is 0 Å². The third kappa shape index (κ3) is 3.32. The molecular formula is C17H17N5O3. The summed E-state index contributed by atoms with van der Waals surface area (Å²) in [5, 5.41) is 12.9. The molecule has 25 heavy (non-hydrogen) atoms. The van der Waals surface area contributed by atoms with E-state index >= 15 is 0 Å². The van der Waals surface area contributed by atoms with Crippen LogP contribution in [-0.4, -0.2) is 37.6 Å². The second-order valence-electron chi connectivity index (χ2n) is 5.75. The number of hydrogen-bond donors (Lipinski definition) is 3. The number of aliphatic carboxylic acids is 1. The Labute approximate surface area is 143 Å². The van der Waals surface area contributed by atoms with E-state index in [4.69, 9.17) is 5.11 Å².